The quantitative estimate of drug-likeness (QED) is 0.467. The van der Waals surface area contributed by atoms with E-state index in [0.717, 1.165) is 60.5 Å². The molecule has 1 aliphatic carbocycles. The summed E-state index contributed by atoms with van der Waals surface area (Å²) in [7, 11) is 1.76. The van der Waals surface area contributed by atoms with Gasteiger partial charge in [0, 0.05) is 29.5 Å². The van der Waals surface area contributed by atoms with Gasteiger partial charge in [0.25, 0.3) is 0 Å². The minimum Gasteiger partial charge on any atom is -0.496 e. The predicted octanol–water partition coefficient (Wildman–Crippen LogP) is 5.91. The fourth-order valence-corrected chi connectivity index (χ4v) is 4.96. The van der Waals surface area contributed by atoms with Crippen LogP contribution in [0.15, 0.2) is 48.5 Å². The van der Waals surface area contributed by atoms with E-state index in [-0.39, 0.29) is 12.6 Å². The van der Waals surface area contributed by atoms with Crippen LogP contribution in [0, 0.1) is 0 Å². The first-order chi connectivity index (χ1) is 15.7. The molecule has 4 heteroatoms. The van der Waals surface area contributed by atoms with Gasteiger partial charge in [-0.2, -0.15) is 0 Å². The summed E-state index contributed by atoms with van der Waals surface area (Å²) in [6.07, 6.45) is 5.69. The molecule has 4 rings (SSSR count). The average Bonchev–Trinajstić information content (AvgIpc) is 2.84. The third-order valence-corrected chi connectivity index (χ3v) is 6.56. The Bertz CT molecular complexity index is 1040. The van der Waals surface area contributed by atoms with Crippen LogP contribution in [0.2, 0.25) is 0 Å². The topological polar surface area (TPSA) is 54.4 Å². The van der Waals surface area contributed by atoms with Crippen molar-refractivity contribution < 1.29 is 9.84 Å². The summed E-state index contributed by atoms with van der Waals surface area (Å²) in [5, 5.41) is 13.2. The molecule has 1 aromatic heterocycles. The Morgan fingerprint density at radius 1 is 1.03 bits per heavy atom. The van der Waals surface area contributed by atoms with Gasteiger partial charge in [0.2, 0.25) is 0 Å². The number of nitrogens with zero attached hydrogens (tertiary/aromatic N) is 1. The molecule has 0 fully saturated rings. The molecule has 0 aliphatic heterocycles. The molecule has 1 aliphatic rings. The number of aryl methyl sites for hydroxylation is 3. The minimum atomic E-state index is 0.141. The molecule has 0 bridgehead atoms. The fraction of sp³-hybridized carbons (Fsp3) is 0.393. The highest BCUT2D eigenvalue weighted by Gasteiger charge is 2.27. The maximum atomic E-state index is 9.46. The van der Waals surface area contributed by atoms with Crippen molar-refractivity contribution in [1.29, 1.82) is 0 Å². The molecule has 1 atom stereocenters. The van der Waals surface area contributed by atoms with E-state index < -0.39 is 0 Å². The summed E-state index contributed by atoms with van der Waals surface area (Å²) >= 11 is 0. The number of rotatable bonds is 8. The van der Waals surface area contributed by atoms with E-state index in [2.05, 4.69) is 55.6 Å². The van der Waals surface area contributed by atoms with Gasteiger partial charge in [-0.1, -0.05) is 50.2 Å². The van der Waals surface area contributed by atoms with Gasteiger partial charge < -0.3 is 15.2 Å². The lowest BCUT2D eigenvalue weighted by Crippen LogP contribution is -2.20. The van der Waals surface area contributed by atoms with Gasteiger partial charge in [-0.3, -0.25) is 4.98 Å². The summed E-state index contributed by atoms with van der Waals surface area (Å²) in [6, 6.07) is 17.1. The number of pyridine rings is 1. The number of anilines is 1. The van der Waals surface area contributed by atoms with Crippen LogP contribution in [0.3, 0.4) is 0 Å². The van der Waals surface area contributed by atoms with E-state index in [4.69, 9.17) is 9.72 Å². The van der Waals surface area contributed by atoms with E-state index >= 15 is 0 Å². The molecular weight excluding hydrogens is 396 g/mol. The largest absolute Gasteiger partial charge is 0.496 e. The Kier molecular flexibility index (Phi) is 7.11. The lowest BCUT2D eigenvalue weighted by atomic mass is 9.88. The monoisotopic (exact) mass is 430 g/mol. The van der Waals surface area contributed by atoms with Crippen molar-refractivity contribution >= 4 is 5.69 Å². The van der Waals surface area contributed by atoms with Gasteiger partial charge in [-0.15, -0.1) is 0 Å². The summed E-state index contributed by atoms with van der Waals surface area (Å²) in [4.78, 5) is 5.20. The number of para-hydroxylation sites is 1. The highest BCUT2D eigenvalue weighted by molar-refractivity contribution is 5.71. The van der Waals surface area contributed by atoms with Crippen molar-refractivity contribution in [3.8, 4) is 17.0 Å². The molecule has 2 N–H and O–H groups in total. The van der Waals surface area contributed by atoms with Crippen molar-refractivity contribution in [2.45, 2.75) is 58.4 Å². The van der Waals surface area contributed by atoms with Crippen LogP contribution < -0.4 is 10.1 Å². The normalized spacial score (nSPS) is 15.3. The van der Waals surface area contributed by atoms with Gasteiger partial charge >= 0.3 is 0 Å². The van der Waals surface area contributed by atoms with Crippen LogP contribution in [0.25, 0.3) is 11.3 Å². The maximum absolute atomic E-state index is 9.46. The highest BCUT2D eigenvalue weighted by atomic mass is 16.5. The van der Waals surface area contributed by atoms with E-state index in [1.807, 2.05) is 12.1 Å². The summed E-state index contributed by atoms with van der Waals surface area (Å²) in [6.45, 7) is 4.56. The minimum absolute atomic E-state index is 0.141. The van der Waals surface area contributed by atoms with Gasteiger partial charge in [0.1, 0.15) is 5.75 Å². The van der Waals surface area contributed by atoms with E-state index in [1.54, 1.807) is 7.11 Å². The predicted molar refractivity (Wildman–Crippen MR) is 132 cm³/mol. The number of aliphatic hydroxyl groups is 1. The first-order valence-electron chi connectivity index (χ1n) is 11.8. The molecule has 4 nitrogen and oxygen atoms in total. The molecule has 168 valence electrons. The molecule has 0 amide bonds. The number of nitrogens with one attached hydrogen (secondary N) is 1. The standard InChI is InChI=1S/C28H34N2O2/c1-4-19-11-8-12-20(5-2)27(19)25-18-26(32-3)28-23(14-9-15-24(28)30-25)29-22-13-7-6-10-21(22)16-17-31/h6-8,10-13,18,23,29,31H,4-5,9,14-17H2,1-3H3. The van der Waals surface area contributed by atoms with Crippen molar-refractivity contribution in [1.82, 2.24) is 4.98 Å². The molecule has 3 aromatic rings. The highest BCUT2D eigenvalue weighted by Crippen LogP contribution is 2.41. The van der Waals surface area contributed by atoms with Gasteiger partial charge in [-0.25, -0.2) is 0 Å². The summed E-state index contributed by atoms with van der Waals surface area (Å²) in [5.41, 5.74) is 9.48. The second kappa shape index (κ2) is 10.2. The second-order valence-electron chi connectivity index (χ2n) is 8.45. The Hall–Kier alpha value is -2.85. The van der Waals surface area contributed by atoms with Crippen LogP contribution in [0.1, 0.15) is 60.7 Å². The Balaban J connectivity index is 1.78. The number of aromatic nitrogens is 1. The van der Waals surface area contributed by atoms with Crippen molar-refractivity contribution in [2.24, 2.45) is 0 Å². The van der Waals surface area contributed by atoms with E-state index in [1.165, 1.54) is 22.3 Å². The summed E-state index contributed by atoms with van der Waals surface area (Å²) in [5.74, 6) is 0.912. The van der Waals surface area contributed by atoms with Crippen molar-refractivity contribution in [2.75, 3.05) is 19.0 Å². The molecule has 1 unspecified atom stereocenters. The second-order valence-corrected chi connectivity index (χ2v) is 8.45. The first-order valence-corrected chi connectivity index (χ1v) is 11.8. The number of hydrogen-bond acceptors (Lipinski definition) is 4. The first kappa shape index (κ1) is 22.3. The molecule has 32 heavy (non-hydrogen) atoms. The number of fused-ring (bicyclic) bond motifs is 1. The zero-order valence-corrected chi connectivity index (χ0v) is 19.4. The smallest absolute Gasteiger partial charge is 0.128 e. The summed E-state index contributed by atoms with van der Waals surface area (Å²) < 4.78 is 5.95. The molecule has 2 aromatic carbocycles. The molecule has 0 saturated heterocycles. The number of aliphatic hydroxyl groups excluding tert-OH is 1. The number of ether oxygens (including phenoxy) is 1. The molecule has 0 radical (unpaired) electrons. The van der Waals surface area contributed by atoms with Gasteiger partial charge in [0.15, 0.2) is 0 Å². The third kappa shape index (κ3) is 4.37. The van der Waals surface area contributed by atoms with Crippen molar-refractivity contribution in [3.05, 3.63) is 76.5 Å². The van der Waals surface area contributed by atoms with Crippen molar-refractivity contribution in [3.63, 3.8) is 0 Å². The molecule has 0 saturated carbocycles. The lowest BCUT2D eigenvalue weighted by Gasteiger charge is -2.30. The Morgan fingerprint density at radius 3 is 2.44 bits per heavy atom. The van der Waals surface area contributed by atoms with Crippen LogP contribution in [-0.4, -0.2) is 23.8 Å². The van der Waals surface area contributed by atoms with Gasteiger partial charge in [-0.05, 0) is 61.3 Å². The lowest BCUT2D eigenvalue weighted by molar-refractivity contribution is 0.299. The Labute approximate surface area is 191 Å². The van der Waals surface area contributed by atoms with Crippen LogP contribution in [-0.2, 0) is 25.7 Å². The zero-order chi connectivity index (χ0) is 22.5. The number of benzene rings is 2. The SMILES string of the molecule is CCc1cccc(CC)c1-c1cc(OC)c2c(n1)CCCC2Nc1ccccc1CCO. The fourth-order valence-electron chi connectivity index (χ4n) is 4.96. The zero-order valence-electron chi connectivity index (χ0n) is 19.4. The number of hydrogen-bond donors (Lipinski definition) is 2. The van der Waals surface area contributed by atoms with Crippen LogP contribution in [0.5, 0.6) is 5.75 Å². The number of methoxy groups -OCH3 is 1. The van der Waals surface area contributed by atoms with Crippen LogP contribution in [0.4, 0.5) is 5.69 Å². The molecule has 0 spiro atoms. The van der Waals surface area contributed by atoms with E-state index in [0.29, 0.717) is 6.42 Å². The molecular formula is C28H34N2O2. The maximum Gasteiger partial charge on any atom is 0.128 e. The van der Waals surface area contributed by atoms with E-state index in [9.17, 15) is 5.11 Å². The molecule has 1 heterocycles. The average molecular weight is 431 g/mol. The van der Waals surface area contributed by atoms with Crippen LogP contribution >= 0.6 is 0 Å². The third-order valence-electron chi connectivity index (χ3n) is 6.56. The van der Waals surface area contributed by atoms with Gasteiger partial charge in [0.05, 0.1) is 24.5 Å². The Morgan fingerprint density at radius 2 is 1.75 bits per heavy atom.